The van der Waals surface area contributed by atoms with Crippen LogP contribution in [-0.2, 0) is 6.42 Å². The zero-order chi connectivity index (χ0) is 8.60. The van der Waals surface area contributed by atoms with E-state index in [0.29, 0.717) is 0 Å². The van der Waals surface area contributed by atoms with E-state index in [0.717, 1.165) is 18.6 Å². The van der Waals surface area contributed by atoms with E-state index < -0.39 is 0 Å². The lowest BCUT2D eigenvalue weighted by atomic mass is 9.94. The minimum Gasteiger partial charge on any atom is -0.488 e. The molecule has 0 aromatic heterocycles. The van der Waals surface area contributed by atoms with Crippen molar-refractivity contribution in [2.75, 3.05) is 0 Å². The van der Waals surface area contributed by atoms with Crippen molar-refractivity contribution in [1.29, 1.82) is 0 Å². The molecular weight excluding hydrogens is 148 g/mol. The summed E-state index contributed by atoms with van der Waals surface area (Å²) in [7, 11) is 0. The van der Waals surface area contributed by atoms with Crippen molar-refractivity contribution in [2.24, 2.45) is 0 Å². The Morgan fingerprint density at radius 1 is 1.50 bits per heavy atom. The molecule has 0 N–H and O–H groups in total. The lowest BCUT2D eigenvalue weighted by Crippen LogP contribution is -2.32. The van der Waals surface area contributed by atoms with Gasteiger partial charge in [0.15, 0.2) is 0 Å². The van der Waals surface area contributed by atoms with Crippen molar-refractivity contribution in [1.82, 2.24) is 0 Å². The summed E-state index contributed by atoms with van der Waals surface area (Å²) in [4.78, 5) is 0. The zero-order valence-corrected chi connectivity index (χ0v) is 7.55. The van der Waals surface area contributed by atoms with Crippen LogP contribution in [0.5, 0.6) is 5.75 Å². The molecule has 0 amide bonds. The molecule has 1 heteroatoms. The maximum atomic E-state index is 5.80. The molecule has 1 aromatic carbocycles. The molecule has 1 heterocycles. The molecule has 0 fully saturated rings. The first kappa shape index (κ1) is 7.66. The average molecular weight is 161 g/mol. The van der Waals surface area contributed by atoms with Crippen molar-refractivity contribution < 1.29 is 4.74 Å². The molecule has 0 saturated heterocycles. The fourth-order valence-electron chi connectivity index (χ4n) is 1.53. The van der Waals surface area contributed by atoms with Gasteiger partial charge in [-0.1, -0.05) is 6.07 Å². The van der Waals surface area contributed by atoms with Crippen molar-refractivity contribution in [2.45, 2.75) is 32.3 Å². The number of ether oxygens (including phenoxy) is 1. The van der Waals surface area contributed by atoms with Crippen LogP contribution in [0.1, 0.15) is 25.8 Å². The van der Waals surface area contributed by atoms with E-state index in [1.165, 1.54) is 5.56 Å². The van der Waals surface area contributed by atoms with E-state index in [-0.39, 0.29) is 5.60 Å². The molecule has 0 saturated carbocycles. The number of fused-ring (bicyclic) bond motifs is 1. The zero-order valence-electron chi connectivity index (χ0n) is 7.55. The third-order valence-corrected chi connectivity index (χ3v) is 2.29. The fraction of sp³-hybridized carbons (Fsp3) is 0.455. The lowest BCUT2D eigenvalue weighted by Gasteiger charge is -2.32. The van der Waals surface area contributed by atoms with Gasteiger partial charge in [0.25, 0.3) is 0 Å². The summed E-state index contributed by atoms with van der Waals surface area (Å²) in [6.07, 6.45) is 2.21. The Labute approximate surface area is 73.4 Å². The topological polar surface area (TPSA) is 9.23 Å². The molecule has 1 aliphatic rings. The maximum Gasteiger partial charge on any atom is 0.123 e. The van der Waals surface area contributed by atoms with Crippen LogP contribution in [0.3, 0.4) is 0 Å². The molecule has 0 atom stereocenters. The molecule has 0 bridgehead atoms. The van der Waals surface area contributed by atoms with E-state index in [1.807, 2.05) is 18.2 Å². The van der Waals surface area contributed by atoms with Crippen molar-refractivity contribution >= 4 is 0 Å². The summed E-state index contributed by atoms with van der Waals surface area (Å²) < 4.78 is 5.80. The van der Waals surface area contributed by atoms with Crippen molar-refractivity contribution in [3.63, 3.8) is 0 Å². The predicted molar refractivity (Wildman–Crippen MR) is 48.3 cm³/mol. The Morgan fingerprint density at radius 2 is 2.33 bits per heavy atom. The van der Waals surface area contributed by atoms with Crippen molar-refractivity contribution in [3.8, 4) is 5.75 Å². The quantitative estimate of drug-likeness (QED) is 0.568. The van der Waals surface area contributed by atoms with E-state index in [4.69, 9.17) is 4.74 Å². The summed E-state index contributed by atoms with van der Waals surface area (Å²) in [5, 5.41) is 0. The highest BCUT2D eigenvalue weighted by atomic mass is 16.5. The van der Waals surface area contributed by atoms with Gasteiger partial charge >= 0.3 is 0 Å². The van der Waals surface area contributed by atoms with Gasteiger partial charge in [-0.3, -0.25) is 0 Å². The van der Waals surface area contributed by atoms with E-state index in [2.05, 4.69) is 19.9 Å². The molecule has 1 aliphatic heterocycles. The number of aryl methyl sites for hydroxylation is 1. The molecule has 0 aliphatic carbocycles. The Morgan fingerprint density at radius 3 is 3.17 bits per heavy atom. The number of rotatable bonds is 0. The molecule has 12 heavy (non-hydrogen) atoms. The highest BCUT2D eigenvalue weighted by Crippen LogP contribution is 2.32. The molecule has 1 nitrogen and oxygen atoms in total. The largest absolute Gasteiger partial charge is 0.488 e. The van der Waals surface area contributed by atoms with Crippen LogP contribution < -0.4 is 4.74 Å². The normalized spacial score (nSPS) is 19.5. The van der Waals surface area contributed by atoms with Gasteiger partial charge in [0.2, 0.25) is 0 Å². The molecule has 1 radical (unpaired) electrons. The summed E-state index contributed by atoms with van der Waals surface area (Å²) >= 11 is 0. The number of hydrogen-bond acceptors (Lipinski definition) is 1. The molecule has 0 unspecified atom stereocenters. The average Bonchev–Trinajstić information content (AvgIpc) is 2.02. The Kier molecular flexibility index (Phi) is 1.60. The van der Waals surface area contributed by atoms with Crippen LogP contribution in [0.25, 0.3) is 0 Å². The SMILES string of the molecule is CC1(C)CCc2c[c]ccc2O1. The van der Waals surface area contributed by atoms with Gasteiger partial charge < -0.3 is 4.74 Å². The van der Waals surface area contributed by atoms with Crippen molar-refractivity contribution in [3.05, 3.63) is 29.8 Å². The highest BCUT2D eigenvalue weighted by molar-refractivity contribution is 5.35. The fourth-order valence-corrected chi connectivity index (χ4v) is 1.53. The first-order chi connectivity index (χ1) is 5.67. The maximum absolute atomic E-state index is 5.80. The van der Waals surface area contributed by atoms with Crippen LogP contribution >= 0.6 is 0 Å². The van der Waals surface area contributed by atoms with Crippen LogP contribution in [0.15, 0.2) is 18.2 Å². The monoisotopic (exact) mass is 161 g/mol. The standard InChI is InChI=1S/C11H13O/c1-11(2)8-7-9-5-3-4-6-10(9)12-11/h4-6H,7-8H2,1-2H3. The summed E-state index contributed by atoms with van der Waals surface area (Å²) in [5.41, 5.74) is 1.30. The molecule has 0 spiro atoms. The lowest BCUT2D eigenvalue weighted by molar-refractivity contribution is 0.0847. The minimum atomic E-state index is 0.00829. The van der Waals surface area contributed by atoms with Gasteiger partial charge in [-0.15, -0.1) is 0 Å². The van der Waals surface area contributed by atoms with Gasteiger partial charge in [-0.2, -0.15) is 0 Å². The third-order valence-electron chi connectivity index (χ3n) is 2.29. The third kappa shape index (κ3) is 1.31. The molecular formula is C11H13O. The first-order valence-electron chi connectivity index (χ1n) is 4.35. The second kappa shape index (κ2) is 2.51. The van der Waals surface area contributed by atoms with Gasteiger partial charge in [-0.25, -0.2) is 0 Å². The Bertz CT molecular complexity index is 289. The van der Waals surface area contributed by atoms with Gasteiger partial charge in [0, 0.05) is 0 Å². The molecule has 63 valence electrons. The van der Waals surface area contributed by atoms with E-state index in [9.17, 15) is 0 Å². The highest BCUT2D eigenvalue weighted by Gasteiger charge is 2.25. The molecule has 2 rings (SSSR count). The van der Waals surface area contributed by atoms with Crippen LogP contribution in [0.4, 0.5) is 0 Å². The minimum absolute atomic E-state index is 0.00829. The second-order valence-corrected chi connectivity index (χ2v) is 3.90. The number of benzene rings is 1. The predicted octanol–water partition coefficient (Wildman–Crippen LogP) is 2.59. The van der Waals surface area contributed by atoms with Gasteiger partial charge in [-0.05, 0) is 50.5 Å². The first-order valence-corrected chi connectivity index (χ1v) is 4.35. The Hall–Kier alpha value is -0.980. The summed E-state index contributed by atoms with van der Waals surface area (Å²) in [6, 6.07) is 8.99. The Balaban J connectivity index is 2.35. The van der Waals surface area contributed by atoms with Gasteiger partial charge in [0.05, 0.1) is 0 Å². The smallest absolute Gasteiger partial charge is 0.123 e. The summed E-state index contributed by atoms with van der Waals surface area (Å²) in [6.45, 7) is 4.26. The van der Waals surface area contributed by atoms with Crippen LogP contribution in [0.2, 0.25) is 0 Å². The summed E-state index contributed by atoms with van der Waals surface area (Å²) in [5.74, 6) is 1.03. The van der Waals surface area contributed by atoms with Crippen LogP contribution in [-0.4, -0.2) is 5.60 Å². The van der Waals surface area contributed by atoms with E-state index in [1.54, 1.807) is 0 Å². The van der Waals surface area contributed by atoms with E-state index >= 15 is 0 Å². The van der Waals surface area contributed by atoms with Gasteiger partial charge in [0.1, 0.15) is 11.4 Å². The number of hydrogen-bond donors (Lipinski definition) is 0. The second-order valence-electron chi connectivity index (χ2n) is 3.90. The molecule has 1 aromatic rings. The van der Waals surface area contributed by atoms with Crippen LogP contribution in [0, 0.1) is 6.07 Å².